The fraction of sp³-hybridized carbons (Fsp3) is 0.188. The Morgan fingerprint density at radius 3 is 2.82 bits per heavy atom. The third kappa shape index (κ3) is 2.41. The number of thiazole rings is 1. The number of aromatic nitrogens is 3. The zero-order valence-corrected chi connectivity index (χ0v) is 12.8. The predicted octanol–water partition coefficient (Wildman–Crippen LogP) is 3.05. The lowest BCUT2D eigenvalue weighted by atomic mass is 9.91. The van der Waals surface area contributed by atoms with Crippen molar-refractivity contribution >= 4 is 11.3 Å². The fourth-order valence-electron chi connectivity index (χ4n) is 2.33. The first kappa shape index (κ1) is 14.4. The molecule has 110 valence electrons. The van der Waals surface area contributed by atoms with E-state index in [0.29, 0.717) is 12.1 Å². The molecule has 0 aromatic carbocycles. The van der Waals surface area contributed by atoms with E-state index in [-0.39, 0.29) is 0 Å². The van der Waals surface area contributed by atoms with Gasteiger partial charge < -0.3 is 10.1 Å². The minimum atomic E-state index is -1.08. The molecule has 0 spiro atoms. The molecule has 0 saturated heterocycles. The van der Waals surface area contributed by atoms with E-state index < -0.39 is 5.60 Å². The molecule has 0 aliphatic carbocycles. The van der Waals surface area contributed by atoms with E-state index in [4.69, 9.17) is 5.26 Å². The molecule has 0 amide bonds. The standard InChI is InChI=1S/C16H14N4OS/c1-2-16(21,12-3-5-18-6-4-12)14-10-20-15(22-14)11-7-13(8-17)19-9-11/h3-7,9-10,19,21H,2H2,1H3. The highest BCUT2D eigenvalue weighted by molar-refractivity contribution is 7.15. The number of nitrogens with one attached hydrogen (secondary N) is 1. The second-order valence-electron chi connectivity index (χ2n) is 4.89. The van der Waals surface area contributed by atoms with E-state index in [2.05, 4.69) is 21.0 Å². The highest BCUT2D eigenvalue weighted by atomic mass is 32.1. The summed E-state index contributed by atoms with van der Waals surface area (Å²) in [6.07, 6.45) is 7.32. The predicted molar refractivity (Wildman–Crippen MR) is 84.1 cm³/mol. The van der Waals surface area contributed by atoms with Crippen LogP contribution in [0.3, 0.4) is 0 Å². The third-order valence-corrected chi connectivity index (χ3v) is 4.83. The fourth-order valence-corrected chi connectivity index (χ4v) is 3.42. The molecule has 5 nitrogen and oxygen atoms in total. The lowest BCUT2D eigenvalue weighted by Crippen LogP contribution is -2.24. The number of aliphatic hydroxyl groups is 1. The van der Waals surface area contributed by atoms with Gasteiger partial charge in [-0.2, -0.15) is 5.26 Å². The largest absolute Gasteiger partial charge is 0.379 e. The minimum Gasteiger partial charge on any atom is -0.379 e. The van der Waals surface area contributed by atoms with Gasteiger partial charge in [0, 0.05) is 30.4 Å². The van der Waals surface area contributed by atoms with Crippen molar-refractivity contribution < 1.29 is 5.11 Å². The van der Waals surface area contributed by atoms with Gasteiger partial charge in [0.05, 0.1) is 4.88 Å². The minimum absolute atomic E-state index is 0.492. The van der Waals surface area contributed by atoms with Gasteiger partial charge in [0.15, 0.2) is 0 Å². The van der Waals surface area contributed by atoms with Gasteiger partial charge in [-0.05, 0) is 30.2 Å². The maximum absolute atomic E-state index is 11.1. The summed E-state index contributed by atoms with van der Waals surface area (Å²) < 4.78 is 0. The van der Waals surface area contributed by atoms with Crippen molar-refractivity contribution in [3.63, 3.8) is 0 Å². The number of hydrogen-bond acceptors (Lipinski definition) is 5. The zero-order chi connectivity index (χ0) is 15.6. The average Bonchev–Trinajstić information content (AvgIpc) is 3.23. The van der Waals surface area contributed by atoms with Crippen molar-refractivity contribution in [3.8, 4) is 16.6 Å². The van der Waals surface area contributed by atoms with Crippen LogP contribution in [-0.2, 0) is 5.60 Å². The van der Waals surface area contributed by atoms with Crippen molar-refractivity contribution in [3.05, 3.63) is 59.1 Å². The highest BCUT2D eigenvalue weighted by Crippen LogP contribution is 2.38. The number of pyridine rings is 1. The van der Waals surface area contributed by atoms with E-state index in [9.17, 15) is 5.11 Å². The smallest absolute Gasteiger partial charge is 0.125 e. The summed E-state index contributed by atoms with van der Waals surface area (Å²) >= 11 is 1.43. The van der Waals surface area contributed by atoms with E-state index in [1.165, 1.54) is 11.3 Å². The first-order valence-electron chi connectivity index (χ1n) is 6.85. The van der Waals surface area contributed by atoms with Crippen LogP contribution in [0.5, 0.6) is 0 Å². The van der Waals surface area contributed by atoms with Gasteiger partial charge in [0.25, 0.3) is 0 Å². The number of nitriles is 1. The molecule has 0 fully saturated rings. The number of hydrogen-bond donors (Lipinski definition) is 2. The van der Waals surface area contributed by atoms with Gasteiger partial charge in [-0.25, -0.2) is 4.98 Å². The lowest BCUT2D eigenvalue weighted by molar-refractivity contribution is 0.0801. The van der Waals surface area contributed by atoms with Gasteiger partial charge in [-0.1, -0.05) is 6.92 Å². The second-order valence-corrected chi connectivity index (χ2v) is 5.92. The summed E-state index contributed by atoms with van der Waals surface area (Å²) in [6, 6.07) is 7.43. The van der Waals surface area contributed by atoms with Crippen LogP contribution in [0.4, 0.5) is 0 Å². The Kier molecular flexibility index (Phi) is 3.75. The molecule has 3 aromatic rings. The molecule has 0 aliphatic rings. The average molecular weight is 310 g/mol. The van der Waals surface area contributed by atoms with Gasteiger partial charge in [-0.3, -0.25) is 4.98 Å². The van der Waals surface area contributed by atoms with Crippen molar-refractivity contribution in [2.75, 3.05) is 0 Å². The first-order valence-corrected chi connectivity index (χ1v) is 7.67. The highest BCUT2D eigenvalue weighted by Gasteiger charge is 2.32. The van der Waals surface area contributed by atoms with Crippen molar-refractivity contribution in [1.82, 2.24) is 15.0 Å². The molecule has 1 unspecified atom stereocenters. The van der Waals surface area contributed by atoms with E-state index in [1.54, 1.807) is 30.9 Å². The van der Waals surface area contributed by atoms with Crippen LogP contribution in [0.1, 0.15) is 29.5 Å². The van der Waals surface area contributed by atoms with Crippen LogP contribution < -0.4 is 0 Å². The quantitative estimate of drug-likeness (QED) is 0.775. The van der Waals surface area contributed by atoms with Crippen LogP contribution in [0.25, 0.3) is 10.6 Å². The number of H-pyrrole nitrogens is 1. The molecule has 0 bridgehead atoms. The van der Waals surface area contributed by atoms with Crippen LogP contribution in [0.15, 0.2) is 43.0 Å². The first-order chi connectivity index (χ1) is 10.7. The molecule has 3 aromatic heterocycles. The SMILES string of the molecule is CCC(O)(c1ccncc1)c1cnc(-c2c[nH]c(C#N)c2)s1. The molecule has 22 heavy (non-hydrogen) atoms. The monoisotopic (exact) mass is 310 g/mol. The number of nitrogens with zero attached hydrogens (tertiary/aromatic N) is 3. The van der Waals surface area contributed by atoms with Crippen LogP contribution in [-0.4, -0.2) is 20.1 Å². The van der Waals surface area contributed by atoms with Gasteiger partial charge in [0.2, 0.25) is 0 Å². The molecular formula is C16H14N4OS. The molecule has 1 atom stereocenters. The van der Waals surface area contributed by atoms with E-state index >= 15 is 0 Å². The number of aromatic amines is 1. The molecule has 6 heteroatoms. The number of rotatable bonds is 4. The van der Waals surface area contributed by atoms with Crippen molar-refractivity contribution in [2.24, 2.45) is 0 Å². The van der Waals surface area contributed by atoms with E-state index in [1.807, 2.05) is 19.1 Å². The Bertz CT molecular complexity index is 818. The third-order valence-electron chi connectivity index (χ3n) is 3.63. The Morgan fingerprint density at radius 1 is 1.41 bits per heavy atom. The lowest BCUT2D eigenvalue weighted by Gasteiger charge is -2.25. The maximum Gasteiger partial charge on any atom is 0.125 e. The summed E-state index contributed by atoms with van der Waals surface area (Å²) in [5, 5.41) is 20.7. The van der Waals surface area contributed by atoms with Crippen molar-refractivity contribution in [1.29, 1.82) is 5.26 Å². The Balaban J connectivity index is 2.00. The van der Waals surface area contributed by atoms with Crippen LogP contribution in [0, 0.1) is 11.3 Å². The summed E-state index contributed by atoms with van der Waals surface area (Å²) in [5.74, 6) is 0. The Labute approximate surface area is 131 Å². The molecule has 3 rings (SSSR count). The molecule has 0 radical (unpaired) electrons. The molecule has 2 N–H and O–H groups in total. The normalized spacial score (nSPS) is 13.5. The Hall–Kier alpha value is -2.49. The van der Waals surface area contributed by atoms with Crippen LogP contribution >= 0.6 is 11.3 Å². The van der Waals surface area contributed by atoms with Gasteiger partial charge >= 0.3 is 0 Å². The second kappa shape index (κ2) is 5.72. The van der Waals surface area contributed by atoms with E-state index in [0.717, 1.165) is 21.0 Å². The Morgan fingerprint density at radius 2 is 2.18 bits per heavy atom. The topological polar surface area (TPSA) is 85.6 Å². The zero-order valence-electron chi connectivity index (χ0n) is 11.9. The summed E-state index contributed by atoms with van der Waals surface area (Å²) in [7, 11) is 0. The van der Waals surface area contributed by atoms with Gasteiger partial charge in [0.1, 0.15) is 22.4 Å². The molecule has 3 heterocycles. The molecule has 0 aliphatic heterocycles. The van der Waals surface area contributed by atoms with Crippen molar-refractivity contribution in [2.45, 2.75) is 18.9 Å². The van der Waals surface area contributed by atoms with Crippen LogP contribution in [0.2, 0.25) is 0 Å². The van der Waals surface area contributed by atoms with Gasteiger partial charge in [-0.15, -0.1) is 11.3 Å². The summed E-state index contributed by atoms with van der Waals surface area (Å²) in [5.41, 5.74) is 1.06. The maximum atomic E-state index is 11.1. The molecule has 0 saturated carbocycles. The summed E-state index contributed by atoms with van der Waals surface area (Å²) in [6.45, 7) is 1.93. The molecular weight excluding hydrogens is 296 g/mol. The summed E-state index contributed by atoms with van der Waals surface area (Å²) in [4.78, 5) is 12.0.